The Hall–Kier alpha value is -0.210. The summed E-state index contributed by atoms with van der Waals surface area (Å²) in [5.74, 6) is 0. The highest BCUT2D eigenvalue weighted by atomic mass is 79.9. The smallest absolute Gasteiger partial charge is 0.206 e. The maximum Gasteiger partial charge on any atom is 0.250 e. The lowest BCUT2D eigenvalue weighted by Gasteiger charge is -2.03. The molecule has 7 heteroatoms. The van der Waals surface area contributed by atoms with Crippen LogP contribution in [0.25, 0.3) is 0 Å². The molecule has 0 amide bonds. The van der Waals surface area contributed by atoms with Gasteiger partial charge in [0.25, 0.3) is 0 Å². The van der Waals surface area contributed by atoms with Gasteiger partial charge in [-0.25, -0.2) is 13.1 Å². The third-order valence-corrected chi connectivity index (χ3v) is 6.91. The zero-order chi connectivity index (χ0) is 12.5. The largest absolute Gasteiger partial charge is 0.250 e. The zero-order valence-electron chi connectivity index (χ0n) is 8.94. The number of halogens is 1. The van der Waals surface area contributed by atoms with E-state index in [0.717, 1.165) is 14.2 Å². The fraction of sp³-hybridized carbons (Fsp3) is 0.200. The van der Waals surface area contributed by atoms with Crippen molar-refractivity contribution >= 4 is 48.6 Å². The van der Waals surface area contributed by atoms with Crippen LogP contribution < -0.4 is 4.72 Å². The van der Waals surface area contributed by atoms with Gasteiger partial charge in [-0.15, -0.1) is 22.7 Å². The van der Waals surface area contributed by atoms with Crippen molar-refractivity contribution in [3.8, 4) is 0 Å². The van der Waals surface area contributed by atoms with Crippen molar-refractivity contribution in [3.63, 3.8) is 0 Å². The van der Waals surface area contributed by atoms with Crippen LogP contribution in [0.4, 0.5) is 0 Å². The zero-order valence-corrected chi connectivity index (χ0v) is 13.0. The average molecular weight is 352 g/mol. The third kappa shape index (κ3) is 3.17. The molecular weight excluding hydrogens is 342 g/mol. The molecular formula is C10H10BrNO2S3. The molecule has 0 saturated heterocycles. The van der Waals surface area contributed by atoms with Crippen molar-refractivity contribution in [2.75, 3.05) is 0 Å². The summed E-state index contributed by atoms with van der Waals surface area (Å²) in [5.41, 5.74) is 0. The highest BCUT2D eigenvalue weighted by Crippen LogP contribution is 2.24. The van der Waals surface area contributed by atoms with Gasteiger partial charge in [0.2, 0.25) is 10.0 Å². The first-order chi connectivity index (χ1) is 7.99. The highest BCUT2D eigenvalue weighted by molar-refractivity contribution is 9.10. The molecule has 0 aromatic carbocycles. The maximum absolute atomic E-state index is 11.9. The minimum atomic E-state index is -3.38. The predicted molar refractivity (Wildman–Crippen MR) is 75.1 cm³/mol. The number of nitrogens with one attached hydrogen (secondary N) is 1. The normalized spacial score (nSPS) is 11.9. The Bertz CT molecular complexity index is 615. The number of hydrogen-bond donors (Lipinski definition) is 1. The van der Waals surface area contributed by atoms with Crippen LogP contribution in [0.3, 0.4) is 0 Å². The maximum atomic E-state index is 11.9. The first kappa shape index (κ1) is 13.2. The van der Waals surface area contributed by atoms with Crippen LogP contribution in [0.1, 0.15) is 9.75 Å². The molecule has 0 unspecified atom stereocenters. The molecule has 0 aliphatic heterocycles. The molecule has 0 radical (unpaired) electrons. The topological polar surface area (TPSA) is 46.2 Å². The Morgan fingerprint density at radius 1 is 1.35 bits per heavy atom. The summed E-state index contributed by atoms with van der Waals surface area (Å²) < 4.78 is 27.8. The van der Waals surface area contributed by atoms with Crippen LogP contribution in [0.15, 0.2) is 32.3 Å². The molecule has 0 saturated carbocycles. The molecule has 0 fully saturated rings. The van der Waals surface area contributed by atoms with Gasteiger partial charge in [-0.3, -0.25) is 0 Å². The molecule has 92 valence electrons. The van der Waals surface area contributed by atoms with Crippen LogP contribution in [0, 0.1) is 6.92 Å². The minimum Gasteiger partial charge on any atom is -0.206 e. The number of hydrogen-bond acceptors (Lipinski definition) is 4. The van der Waals surface area contributed by atoms with E-state index in [1.54, 1.807) is 12.1 Å². The Labute approximate surface area is 117 Å². The first-order valence-electron chi connectivity index (χ1n) is 4.77. The molecule has 0 bridgehead atoms. The summed E-state index contributed by atoms with van der Waals surface area (Å²) in [6, 6.07) is 5.34. The van der Waals surface area contributed by atoms with Crippen LogP contribution in [-0.2, 0) is 16.6 Å². The lowest BCUT2D eigenvalue weighted by Crippen LogP contribution is -2.21. The average Bonchev–Trinajstić information content (AvgIpc) is 2.85. The lowest BCUT2D eigenvalue weighted by atomic mass is 10.5. The van der Waals surface area contributed by atoms with E-state index in [0.29, 0.717) is 10.8 Å². The van der Waals surface area contributed by atoms with Crippen LogP contribution in [-0.4, -0.2) is 8.42 Å². The van der Waals surface area contributed by atoms with Crippen LogP contribution >= 0.6 is 38.6 Å². The number of aryl methyl sites for hydroxylation is 1. The van der Waals surface area contributed by atoms with E-state index in [2.05, 4.69) is 20.7 Å². The highest BCUT2D eigenvalue weighted by Gasteiger charge is 2.16. The molecule has 3 nitrogen and oxygen atoms in total. The van der Waals surface area contributed by atoms with Crippen molar-refractivity contribution < 1.29 is 8.42 Å². The molecule has 17 heavy (non-hydrogen) atoms. The summed E-state index contributed by atoms with van der Waals surface area (Å²) >= 11 is 6.17. The van der Waals surface area contributed by atoms with Gasteiger partial charge in [0.05, 0.1) is 0 Å². The third-order valence-electron chi connectivity index (χ3n) is 2.09. The Kier molecular flexibility index (Phi) is 4.04. The van der Waals surface area contributed by atoms with Gasteiger partial charge in [0, 0.05) is 20.8 Å². The van der Waals surface area contributed by atoms with Crippen LogP contribution in [0.5, 0.6) is 0 Å². The van der Waals surface area contributed by atoms with Crippen molar-refractivity contribution in [2.45, 2.75) is 17.7 Å². The molecule has 0 atom stereocenters. The van der Waals surface area contributed by atoms with Crippen molar-refractivity contribution in [3.05, 3.63) is 37.8 Å². The molecule has 1 N–H and O–H groups in total. The van der Waals surface area contributed by atoms with Gasteiger partial charge in [-0.1, -0.05) is 0 Å². The standard InChI is InChI=1S/C10H10BrNO2S3/c1-7-2-3-10(16-7)17(13,14)12-6-9-8(11)4-5-15-9/h2-5,12H,6H2,1H3. The van der Waals surface area contributed by atoms with Crippen molar-refractivity contribution in [1.82, 2.24) is 4.72 Å². The van der Waals surface area contributed by atoms with Gasteiger partial charge >= 0.3 is 0 Å². The summed E-state index contributed by atoms with van der Waals surface area (Å²) in [5, 5.41) is 1.92. The van der Waals surface area contributed by atoms with E-state index in [-0.39, 0.29) is 0 Å². The summed E-state index contributed by atoms with van der Waals surface area (Å²) in [7, 11) is -3.38. The van der Waals surface area contributed by atoms with E-state index in [1.165, 1.54) is 22.7 Å². The molecule has 2 heterocycles. The minimum absolute atomic E-state index is 0.317. The monoisotopic (exact) mass is 351 g/mol. The molecule has 0 spiro atoms. The Balaban J connectivity index is 2.11. The lowest BCUT2D eigenvalue weighted by molar-refractivity contribution is 0.584. The molecule has 2 aromatic heterocycles. The van der Waals surface area contributed by atoms with Gasteiger partial charge in [-0.05, 0) is 46.4 Å². The molecule has 2 aromatic rings. The van der Waals surface area contributed by atoms with Crippen molar-refractivity contribution in [1.29, 1.82) is 0 Å². The number of rotatable bonds is 4. The predicted octanol–water partition coefficient (Wildman–Crippen LogP) is 3.36. The van der Waals surface area contributed by atoms with Crippen molar-refractivity contribution in [2.24, 2.45) is 0 Å². The fourth-order valence-corrected chi connectivity index (χ4v) is 5.09. The number of thiophene rings is 2. The van der Waals surface area contributed by atoms with Gasteiger partial charge < -0.3 is 0 Å². The fourth-order valence-electron chi connectivity index (χ4n) is 1.24. The Morgan fingerprint density at radius 3 is 2.65 bits per heavy atom. The summed E-state index contributed by atoms with van der Waals surface area (Å²) in [6.45, 7) is 2.21. The summed E-state index contributed by atoms with van der Waals surface area (Å²) in [6.07, 6.45) is 0. The second-order valence-electron chi connectivity index (χ2n) is 3.38. The van der Waals surface area contributed by atoms with Gasteiger partial charge in [0.15, 0.2) is 0 Å². The van der Waals surface area contributed by atoms with E-state index in [4.69, 9.17) is 0 Å². The molecule has 2 rings (SSSR count). The van der Waals surface area contributed by atoms with Gasteiger partial charge in [0.1, 0.15) is 4.21 Å². The Morgan fingerprint density at radius 2 is 2.12 bits per heavy atom. The van der Waals surface area contributed by atoms with E-state index >= 15 is 0 Å². The second-order valence-corrected chi connectivity index (χ2v) is 8.52. The SMILES string of the molecule is Cc1ccc(S(=O)(=O)NCc2sccc2Br)s1. The summed E-state index contributed by atoms with van der Waals surface area (Å²) in [4.78, 5) is 1.96. The van der Waals surface area contributed by atoms with Gasteiger partial charge in [-0.2, -0.15) is 0 Å². The quantitative estimate of drug-likeness (QED) is 0.917. The number of sulfonamides is 1. The second kappa shape index (κ2) is 5.19. The van der Waals surface area contributed by atoms with Crippen LogP contribution in [0.2, 0.25) is 0 Å². The van der Waals surface area contributed by atoms with E-state index in [1.807, 2.05) is 18.4 Å². The molecule has 0 aliphatic carbocycles. The van der Waals surface area contributed by atoms with E-state index < -0.39 is 10.0 Å². The molecule has 0 aliphatic rings. The first-order valence-corrected chi connectivity index (χ1v) is 8.74. The van der Waals surface area contributed by atoms with E-state index in [9.17, 15) is 8.42 Å².